The number of Topliss-reactive ketones (excluding diaryl/α,β-unsaturated/α-hetero) is 1. The first-order valence-corrected chi connectivity index (χ1v) is 11.4. The number of ketones is 1. The second-order valence-electron chi connectivity index (χ2n) is 6.89. The second kappa shape index (κ2) is 8.37. The number of benzene rings is 2. The van der Waals surface area contributed by atoms with E-state index in [1.54, 1.807) is 24.3 Å². The molecule has 0 saturated heterocycles. The van der Waals surface area contributed by atoms with Gasteiger partial charge in [0.05, 0.1) is 16.8 Å². The van der Waals surface area contributed by atoms with Gasteiger partial charge >= 0.3 is 0 Å². The topological polar surface area (TPSA) is 92.4 Å². The molecule has 0 radical (unpaired) electrons. The number of hydrogen-bond donors (Lipinski definition) is 2. The third kappa shape index (κ3) is 4.06. The van der Waals surface area contributed by atoms with Gasteiger partial charge in [-0.2, -0.15) is 0 Å². The summed E-state index contributed by atoms with van der Waals surface area (Å²) in [6.45, 7) is 3.85. The van der Waals surface area contributed by atoms with Crippen LogP contribution in [0.1, 0.15) is 20.8 Å². The summed E-state index contributed by atoms with van der Waals surface area (Å²) < 4.78 is 1.49. The molecule has 4 rings (SSSR count). The summed E-state index contributed by atoms with van der Waals surface area (Å²) in [5.74, 6) is -0.927. The van der Waals surface area contributed by atoms with Crippen LogP contribution in [0.2, 0.25) is 5.02 Å². The fourth-order valence-corrected chi connectivity index (χ4v) is 5.20. The summed E-state index contributed by atoms with van der Waals surface area (Å²) >= 11 is 8.59. The Balaban J connectivity index is 1.77. The van der Waals surface area contributed by atoms with Crippen molar-refractivity contribution in [1.82, 2.24) is 9.55 Å². The van der Waals surface area contributed by atoms with Gasteiger partial charge in [-0.1, -0.05) is 23.4 Å². The molecule has 0 saturated carbocycles. The zero-order valence-electron chi connectivity index (χ0n) is 16.5. The minimum absolute atomic E-state index is 0.000902. The number of halogens is 1. The largest absolute Gasteiger partial charge is 0.504 e. The van der Waals surface area contributed by atoms with E-state index in [2.05, 4.69) is 4.98 Å². The van der Waals surface area contributed by atoms with Gasteiger partial charge < -0.3 is 10.2 Å². The molecule has 0 bridgehead atoms. The van der Waals surface area contributed by atoms with Crippen molar-refractivity contribution in [2.24, 2.45) is 0 Å². The number of aromatic hydroxyl groups is 2. The molecule has 0 aliphatic carbocycles. The molecule has 9 heteroatoms. The second-order valence-corrected chi connectivity index (χ2v) is 9.47. The number of hydrogen-bond acceptors (Lipinski definition) is 7. The number of thioether (sulfide) groups is 1. The molecule has 0 amide bonds. The lowest BCUT2D eigenvalue weighted by atomic mass is 10.1. The lowest BCUT2D eigenvalue weighted by Gasteiger charge is -2.12. The van der Waals surface area contributed by atoms with Crippen molar-refractivity contribution in [2.75, 3.05) is 5.75 Å². The van der Waals surface area contributed by atoms with E-state index >= 15 is 0 Å². The van der Waals surface area contributed by atoms with Crippen molar-refractivity contribution < 1.29 is 15.0 Å². The molecule has 2 aromatic carbocycles. The predicted octanol–water partition coefficient (Wildman–Crippen LogP) is 5.10. The van der Waals surface area contributed by atoms with Gasteiger partial charge in [0.2, 0.25) is 0 Å². The average Bonchev–Trinajstić information content (AvgIpc) is 3.03. The number of phenolic OH excluding ortho intramolecular Hbond substituents is 2. The van der Waals surface area contributed by atoms with Gasteiger partial charge in [-0.3, -0.25) is 14.2 Å². The molecule has 2 N–H and O–H groups in total. The molecular weight excluding hydrogens is 456 g/mol. The van der Waals surface area contributed by atoms with E-state index in [0.29, 0.717) is 26.1 Å². The highest BCUT2D eigenvalue weighted by atomic mass is 35.5. The van der Waals surface area contributed by atoms with Crippen LogP contribution in [-0.4, -0.2) is 31.3 Å². The minimum atomic E-state index is -0.363. The number of carbonyl (C=O) groups is 1. The Kier molecular flexibility index (Phi) is 5.79. The van der Waals surface area contributed by atoms with Crippen LogP contribution in [0.15, 0.2) is 52.4 Å². The number of aryl methyl sites for hydroxylation is 2. The van der Waals surface area contributed by atoms with Gasteiger partial charge in [0.25, 0.3) is 5.56 Å². The molecule has 31 heavy (non-hydrogen) atoms. The maximum atomic E-state index is 13.4. The summed E-state index contributed by atoms with van der Waals surface area (Å²) in [5, 5.41) is 20.6. The molecule has 2 aromatic heterocycles. The molecule has 0 fully saturated rings. The lowest BCUT2D eigenvalue weighted by Crippen LogP contribution is -2.22. The van der Waals surface area contributed by atoms with Crippen molar-refractivity contribution in [1.29, 1.82) is 0 Å². The number of phenols is 2. The summed E-state index contributed by atoms with van der Waals surface area (Å²) in [4.78, 5) is 32.4. The highest BCUT2D eigenvalue weighted by Crippen LogP contribution is 2.31. The molecule has 4 aromatic rings. The predicted molar refractivity (Wildman–Crippen MR) is 125 cm³/mol. The van der Waals surface area contributed by atoms with Gasteiger partial charge in [-0.25, -0.2) is 4.98 Å². The minimum Gasteiger partial charge on any atom is -0.504 e. The standard InChI is InChI=1S/C22H17ClN2O4S2/c1-11-12(2)31-20-19(11)21(29)25(15-6-4-14(23)5-7-15)22(24-20)30-10-18(28)13-3-8-16(26)17(27)9-13/h3-9,26-27H,10H2,1-2H3. The van der Waals surface area contributed by atoms with Crippen molar-refractivity contribution in [3.63, 3.8) is 0 Å². The highest BCUT2D eigenvalue weighted by molar-refractivity contribution is 7.99. The van der Waals surface area contributed by atoms with Crippen molar-refractivity contribution >= 4 is 50.7 Å². The van der Waals surface area contributed by atoms with Crippen LogP contribution in [0.5, 0.6) is 11.5 Å². The SMILES string of the molecule is Cc1sc2nc(SCC(=O)c3ccc(O)c(O)c3)n(-c3ccc(Cl)cc3)c(=O)c2c1C. The maximum absolute atomic E-state index is 13.4. The zero-order chi connectivity index (χ0) is 22.3. The molecule has 158 valence electrons. The van der Waals surface area contributed by atoms with Gasteiger partial charge in [0.1, 0.15) is 4.83 Å². The van der Waals surface area contributed by atoms with E-state index in [1.165, 1.54) is 34.1 Å². The quantitative estimate of drug-likeness (QED) is 0.181. The van der Waals surface area contributed by atoms with Crippen LogP contribution in [0.3, 0.4) is 0 Å². The molecular formula is C22H17ClN2O4S2. The number of aromatic nitrogens is 2. The van der Waals surface area contributed by atoms with Crippen molar-refractivity contribution in [3.05, 3.63) is 73.8 Å². The Labute approximate surface area is 190 Å². The molecule has 0 spiro atoms. The average molecular weight is 473 g/mol. The number of fused-ring (bicyclic) bond motifs is 1. The first-order valence-electron chi connectivity index (χ1n) is 9.23. The Morgan fingerprint density at radius 1 is 1.13 bits per heavy atom. The van der Waals surface area contributed by atoms with E-state index in [4.69, 9.17) is 11.6 Å². The van der Waals surface area contributed by atoms with Crippen LogP contribution in [0.4, 0.5) is 0 Å². The van der Waals surface area contributed by atoms with E-state index in [9.17, 15) is 19.8 Å². The highest BCUT2D eigenvalue weighted by Gasteiger charge is 2.19. The molecule has 0 unspecified atom stereocenters. The summed E-state index contributed by atoms with van der Waals surface area (Å²) in [7, 11) is 0. The number of thiophene rings is 1. The van der Waals surface area contributed by atoms with Gasteiger partial charge in [0, 0.05) is 15.5 Å². The van der Waals surface area contributed by atoms with E-state index in [-0.39, 0.29) is 34.2 Å². The van der Waals surface area contributed by atoms with Gasteiger partial charge in [-0.15, -0.1) is 11.3 Å². The first-order chi connectivity index (χ1) is 14.8. The lowest BCUT2D eigenvalue weighted by molar-refractivity contribution is 0.102. The molecule has 0 aliphatic rings. The normalized spacial score (nSPS) is 11.2. The fourth-order valence-electron chi connectivity index (χ4n) is 3.10. The smallest absolute Gasteiger partial charge is 0.267 e. The third-order valence-electron chi connectivity index (χ3n) is 4.89. The van der Waals surface area contributed by atoms with E-state index < -0.39 is 0 Å². The molecule has 6 nitrogen and oxygen atoms in total. The van der Waals surface area contributed by atoms with Crippen molar-refractivity contribution in [3.8, 4) is 17.2 Å². The first kappa shape index (κ1) is 21.4. The fraction of sp³-hybridized carbons (Fsp3) is 0.136. The summed E-state index contributed by atoms with van der Waals surface area (Å²) in [6.07, 6.45) is 0. The van der Waals surface area contributed by atoms with Crippen molar-refractivity contribution in [2.45, 2.75) is 19.0 Å². The van der Waals surface area contributed by atoms with E-state index in [0.717, 1.165) is 22.2 Å². The van der Waals surface area contributed by atoms with Crippen LogP contribution >= 0.6 is 34.7 Å². The number of carbonyl (C=O) groups excluding carboxylic acids is 1. The molecule has 0 aliphatic heterocycles. The van der Waals surface area contributed by atoms with Crippen LogP contribution < -0.4 is 5.56 Å². The van der Waals surface area contributed by atoms with Crippen LogP contribution in [-0.2, 0) is 0 Å². The van der Waals surface area contributed by atoms with Gasteiger partial charge in [-0.05, 0) is 61.9 Å². The maximum Gasteiger partial charge on any atom is 0.267 e. The monoisotopic (exact) mass is 472 g/mol. The Morgan fingerprint density at radius 2 is 1.84 bits per heavy atom. The number of rotatable bonds is 5. The third-order valence-corrected chi connectivity index (χ3v) is 7.18. The Bertz CT molecular complexity index is 1380. The number of nitrogens with zero attached hydrogens (tertiary/aromatic N) is 2. The van der Waals surface area contributed by atoms with Crippen LogP contribution in [0.25, 0.3) is 15.9 Å². The van der Waals surface area contributed by atoms with Gasteiger partial charge in [0.15, 0.2) is 22.4 Å². The Hall–Kier alpha value is -2.81. The molecule has 2 heterocycles. The Morgan fingerprint density at radius 3 is 2.52 bits per heavy atom. The van der Waals surface area contributed by atoms with Crippen LogP contribution in [0, 0.1) is 13.8 Å². The zero-order valence-corrected chi connectivity index (χ0v) is 18.9. The summed E-state index contributed by atoms with van der Waals surface area (Å²) in [5.41, 5.74) is 1.55. The molecule has 0 atom stereocenters. The van der Waals surface area contributed by atoms with E-state index in [1.807, 2.05) is 13.8 Å². The summed E-state index contributed by atoms with van der Waals surface area (Å²) in [6, 6.07) is 10.8.